The maximum absolute atomic E-state index is 10.8. The zero-order valence-electron chi connectivity index (χ0n) is 10.5. The highest BCUT2D eigenvalue weighted by Gasteiger charge is 2.16. The molecule has 0 aliphatic heterocycles. The summed E-state index contributed by atoms with van der Waals surface area (Å²) in [6.45, 7) is 2.03. The molecule has 1 N–H and O–H groups in total. The molecule has 0 atom stereocenters. The molecule has 3 rings (SSSR count). The largest absolute Gasteiger partial charge is 0.475 e. The lowest BCUT2D eigenvalue weighted by atomic mass is 10.1. The van der Waals surface area contributed by atoms with Crippen molar-refractivity contribution in [3.05, 3.63) is 41.8 Å². The minimum absolute atomic E-state index is 0.154. The SMILES string of the molecule is Cc1ccc2c(-c3cc(C(=O)O)on3)cn(C)c2c1. The van der Waals surface area contributed by atoms with E-state index in [-0.39, 0.29) is 5.76 Å². The van der Waals surface area contributed by atoms with E-state index in [1.165, 1.54) is 11.6 Å². The number of hydrogen-bond acceptors (Lipinski definition) is 3. The van der Waals surface area contributed by atoms with Crippen LogP contribution in [0.3, 0.4) is 0 Å². The summed E-state index contributed by atoms with van der Waals surface area (Å²) in [5.41, 5.74) is 3.65. The van der Waals surface area contributed by atoms with Crippen LogP contribution in [0.15, 0.2) is 35.0 Å². The van der Waals surface area contributed by atoms with Crippen LogP contribution >= 0.6 is 0 Å². The van der Waals surface area contributed by atoms with Crippen molar-refractivity contribution in [1.29, 1.82) is 0 Å². The van der Waals surface area contributed by atoms with Crippen LogP contribution in [0.1, 0.15) is 16.1 Å². The maximum atomic E-state index is 10.8. The summed E-state index contributed by atoms with van der Waals surface area (Å²) in [5.74, 6) is -1.27. The highest BCUT2D eigenvalue weighted by molar-refractivity contribution is 5.96. The van der Waals surface area contributed by atoms with Crippen LogP contribution < -0.4 is 0 Å². The Balaban J connectivity index is 2.22. The van der Waals surface area contributed by atoms with Gasteiger partial charge in [-0.15, -0.1) is 0 Å². The highest BCUT2D eigenvalue weighted by atomic mass is 16.5. The second-order valence-corrected chi connectivity index (χ2v) is 4.56. The topological polar surface area (TPSA) is 68.3 Å². The van der Waals surface area contributed by atoms with E-state index in [0.29, 0.717) is 5.69 Å². The first kappa shape index (κ1) is 11.5. The summed E-state index contributed by atoms with van der Waals surface area (Å²) < 4.78 is 6.80. The van der Waals surface area contributed by atoms with Gasteiger partial charge >= 0.3 is 5.97 Å². The van der Waals surface area contributed by atoms with Gasteiger partial charge in [0.05, 0.1) is 0 Å². The third-order valence-electron chi connectivity index (χ3n) is 3.14. The summed E-state index contributed by atoms with van der Waals surface area (Å²) >= 11 is 0. The molecule has 19 heavy (non-hydrogen) atoms. The number of carboxylic acids is 1. The predicted octanol–water partition coefficient (Wildman–Crippen LogP) is 2.84. The van der Waals surface area contributed by atoms with Gasteiger partial charge in [-0.05, 0) is 18.6 Å². The first-order valence-electron chi connectivity index (χ1n) is 5.82. The van der Waals surface area contributed by atoms with Crippen molar-refractivity contribution < 1.29 is 14.4 Å². The molecule has 3 aromatic rings. The Kier molecular flexibility index (Phi) is 2.41. The first-order valence-corrected chi connectivity index (χ1v) is 5.82. The molecule has 2 aromatic heterocycles. The zero-order valence-corrected chi connectivity index (χ0v) is 10.5. The molecule has 0 bridgehead atoms. The molecule has 5 nitrogen and oxygen atoms in total. The van der Waals surface area contributed by atoms with Crippen LogP contribution in [0.4, 0.5) is 0 Å². The third-order valence-corrected chi connectivity index (χ3v) is 3.14. The van der Waals surface area contributed by atoms with Crippen molar-refractivity contribution in [2.75, 3.05) is 0 Å². The van der Waals surface area contributed by atoms with E-state index >= 15 is 0 Å². The van der Waals surface area contributed by atoms with E-state index in [2.05, 4.69) is 11.2 Å². The van der Waals surface area contributed by atoms with E-state index < -0.39 is 5.97 Å². The van der Waals surface area contributed by atoms with Gasteiger partial charge in [0.2, 0.25) is 5.76 Å². The van der Waals surface area contributed by atoms with E-state index in [1.807, 2.05) is 36.9 Å². The Bertz CT molecular complexity index is 783. The predicted molar refractivity (Wildman–Crippen MR) is 70.1 cm³/mol. The molecule has 5 heteroatoms. The second kappa shape index (κ2) is 3.98. The smallest absolute Gasteiger partial charge is 0.374 e. The van der Waals surface area contributed by atoms with Gasteiger partial charge in [-0.1, -0.05) is 17.3 Å². The highest BCUT2D eigenvalue weighted by Crippen LogP contribution is 2.30. The van der Waals surface area contributed by atoms with Crippen molar-refractivity contribution >= 4 is 16.9 Å². The Morgan fingerprint density at radius 2 is 2.16 bits per heavy atom. The molecule has 1 aromatic carbocycles. The van der Waals surface area contributed by atoms with Crippen LogP contribution in [0.25, 0.3) is 22.2 Å². The number of aromatic nitrogens is 2. The number of rotatable bonds is 2. The van der Waals surface area contributed by atoms with Crippen molar-refractivity contribution in [3.63, 3.8) is 0 Å². The van der Waals surface area contributed by atoms with Gasteiger partial charge in [0.25, 0.3) is 0 Å². The zero-order chi connectivity index (χ0) is 13.6. The molecule has 2 heterocycles. The van der Waals surface area contributed by atoms with E-state index in [9.17, 15) is 4.79 Å². The Morgan fingerprint density at radius 3 is 2.84 bits per heavy atom. The van der Waals surface area contributed by atoms with Gasteiger partial charge in [0, 0.05) is 35.8 Å². The van der Waals surface area contributed by atoms with Crippen molar-refractivity contribution in [2.45, 2.75) is 6.92 Å². The maximum Gasteiger partial charge on any atom is 0.374 e. The number of fused-ring (bicyclic) bond motifs is 1. The van der Waals surface area contributed by atoms with Crippen molar-refractivity contribution in [3.8, 4) is 11.3 Å². The number of aromatic carboxylic acids is 1. The van der Waals surface area contributed by atoms with Gasteiger partial charge in [0.1, 0.15) is 5.69 Å². The molecule has 0 aliphatic carbocycles. The summed E-state index contributed by atoms with van der Waals surface area (Å²) in [6, 6.07) is 7.55. The number of carboxylic acid groups (broad SMARTS) is 1. The van der Waals surface area contributed by atoms with Crippen LogP contribution in [0.5, 0.6) is 0 Å². The van der Waals surface area contributed by atoms with Gasteiger partial charge in [-0.2, -0.15) is 0 Å². The summed E-state index contributed by atoms with van der Waals surface area (Å²) in [7, 11) is 1.95. The molecule has 0 radical (unpaired) electrons. The number of hydrogen-bond donors (Lipinski definition) is 1. The standard InChI is InChI=1S/C14H12N2O3/c1-8-3-4-9-10(7-16(2)12(9)5-8)11-6-13(14(17)18)19-15-11/h3-7H,1-2H3,(H,17,18). The molecule has 0 unspecified atom stereocenters. The van der Waals surface area contributed by atoms with Crippen molar-refractivity contribution in [1.82, 2.24) is 9.72 Å². The average Bonchev–Trinajstić information content (AvgIpc) is 2.95. The fourth-order valence-electron chi connectivity index (χ4n) is 2.20. The molecular weight excluding hydrogens is 244 g/mol. The van der Waals surface area contributed by atoms with Gasteiger partial charge in [0.15, 0.2) is 0 Å². The molecule has 0 fully saturated rings. The normalized spacial score (nSPS) is 11.1. The van der Waals surface area contributed by atoms with E-state index in [0.717, 1.165) is 16.5 Å². The first-order chi connectivity index (χ1) is 9.06. The Morgan fingerprint density at radius 1 is 1.37 bits per heavy atom. The molecular formula is C14H12N2O3. The summed E-state index contributed by atoms with van der Waals surface area (Å²) in [4.78, 5) is 10.8. The lowest BCUT2D eigenvalue weighted by Crippen LogP contribution is -1.91. The van der Waals surface area contributed by atoms with Crippen LogP contribution in [-0.4, -0.2) is 20.8 Å². The van der Waals surface area contributed by atoms with Crippen LogP contribution in [0.2, 0.25) is 0 Å². The van der Waals surface area contributed by atoms with E-state index in [4.69, 9.17) is 9.63 Å². The van der Waals surface area contributed by atoms with Crippen LogP contribution in [0, 0.1) is 6.92 Å². The number of nitrogens with zero attached hydrogens (tertiary/aromatic N) is 2. The van der Waals surface area contributed by atoms with Gasteiger partial charge in [-0.25, -0.2) is 4.79 Å². The quantitative estimate of drug-likeness (QED) is 0.765. The summed E-state index contributed by atoms with van der Waals surface area (Å²) in [5, 5.41) is 13.7. The number of benzene rings is 1. The molecule has 0 saturated carbocycles. The Hall–Kier alpha value is -2.56. The molecule has 0 aliphatic rings. The fraction of sp³-hybridized carbons (Fsp3) is 0.143. The lowest BCUT2D eigenvalue weighted by molar-refractivity contribution is 0.0652. The number of carbonyl (C=O) groups is 1. The molecule has 0 saturated heterocycles. The van der Waals surface area contributed by atoms with Gasteiger partial charge < -0.3 is 14.2 Å². The monoisotopic (exact) mass is 256 g/mol. The third kappa shape index (κ3) is 1.79. The Labute approximate surface area is 109 Å². The lowest BCUT2D eigenvalue weighted by Gasteiger charge is -1.97. The molecule has 0 amide bonds. The van der Waals surface area contributed by atoms with Crippen LogP contribution in [-0.2, 0) is 7.05 Å². The van der Waals surface area contributed by atoms with Crippen molar-refractivity contribution in [2.24, 2.45) is 7.05 Å². The number of aryl methyl sites for hydroxylation is 2. The summed E-state index contributed by atoms with van der Waals surface area (Å²) in [6.07, 6.45) is 1.92. The molecule has 0 spiro atoms. The van der Waals surface area contributed by atoms with Gasteiger partial charge in [-0.3, -0.25) is 0 Å². The minimum atomic E-state index is -1.12. The fourth-order valence-corrected chi connectivity index (χ4v) is 2.20. The second-order valence-electron chi connectivity index (χ2n) is 4.56. The average molecular weight is 256 g/mol. The minimum Gasteiger partial charge on any atom is -0.475 e. The van der Waals surface area contributed by atoms with E-state index in [1.54, 1.807) is 0 Å². The molecule has 96 valence electrons.